The van der Waals surface area contributed by atoms with Gasteiger partial charge in [-0.05, 0) is 31.9 Å². The Bertz CT molecular complexity index is 394. The van der Waals surface area contributed by atoms with E-state index in [2.05, 4.69) is 5.32 Å². The van der Waals surface area contributed by atoms with Gasteiger partial charge in [0, 0.05) is 18.7 Å². The maximum absolute atomic E-state index is 13.3. The second-order valence-electron chi connectivity index (χ2n) is 4.04. The molecular formula is C12H17FN2O2. The molecule has 0 radical (unpaired) electrons. The van der Waals surface area contributed by atoms with Crippen molar-refractivity contribution >= 4 is 5.91 Å². The van der Waals surface area contributed by atoms with Crippen molar-refractivity contribution < 1.29 is 14.3 Å². The normalized spacial score (nSPS) is 12.2. The van der Waals surface area contributed by atoms with Crippen molar-refractivity contribution in [3.8, 4) is 5.75 Å². The van der Waals surface area contributed by atoms with Crippen LogP contribution in [0.5, 0.6) is 5.75 Å². The van der Waals surface area contributed by atoms with Gasteiger partial charge in [0.05, 0.1) is 5.56 Å². The lowest BCUT2D eigenvalue weighted by atomic mass is 10.1. The molecule has 0 heterocycles. The first-order valence-electron chi connectivity index (χ1n) is 5.53. The van der Waals surface area contributed by atoms with Gasteiger partial charge < -0.3 is 16.2 Å². The van der Waals surface area contributed by atoms with E-state index in [1.54, 1.807) is 0 Å². The van der Waals surface area contributed by atoms with Crippen molar-refractivity contribution in [2.24, 2.45) is 5.73 Å². The largest absolute Gasteiger partial charge is 0.508 e. The SMILES string of the molecule is CC(N)CCCNC(=O)c1ccc(O)cc1F. The summed E-state index contributed by atoms with van der Waals surface area (Å²) in [6.45, 7) is 2.35. The molecule has 94 valence electrons. The summed E-state index contributed by atoms with van der Waals surface area (Å²) in [4.78, 5) is 11.6. The number of benzene rings is 1. The number of amides is 1. The molecule has 0 aliphatic heterocycles. The molecule has 0 bridgehead atoms. The third-order valence-corrected chi connectivity index (χ3v) is 2.32. The Morgan fingerprint density at radius 3 is 2.88 bits per heavy atom. The monoisotopic (exact) mass is 240 g/mol. The van der Waals surface area contributed by atoms with Crippen molar-refractivity contribution in [1.29, 1.82) is 0 Å². The maximum atomic E-state index is 13.3. The Kier molecular flexibility index (Phi) is 4.90. The van der Waals surface area contributed by atoms with Crippen LogP contribution < -0.4 is 11.1 Å². The van der Waals surface area contributed by atoms with Crippen LogP contribution in [0.4, 0.5) is 4.39 Å². The number of carbonyl (C=O) groups excluding carboxylic acids is 1. The second-order valence-corrected chi connectivity index (χ2v) is 4.04. The zero-order chi connectivity index (χ0) is 12.8. The highest BCUT2D eigenvalue weighted by molar-refractivity contribution is 5.94. The number of aromatic hydroxyl groups is 1. The van der Waals surface area contributed by atoms with Crippen LogP contribution in [-0.4, -0.2) is 23.6 Å². The van der Waals surface area contributed by atoms with Crippen LogP contribution in [0.25, 0.3) is 0 Å². The molecular weight excluding hydrogens is 223 g/mol. The fourth-order valence-electron chi connectivity index (χ4n) is 1.41. The molecule has 17 heavy (non-hydrogen) atoms. The van der Waals surface area contributed by atoms with Crippen LogP contribution in [0.1, 0.15) is 30.1 Å². The summed E-state index contributed by atoms with van der Waals surface area (Å²) < 4.78 is 13.3. The maximum Gasteiger partial charge on any atom is 0.254 e. The third kappa shape index (κ3) is 4.40. The minimum atomic E-state index is -0.727. The number of nitrogens with one attached hydrogen (secondary N) is 1. The number of phenols is 1. The van der Waals surface area contributed by atoms with Gasteiger partial charge in [-0.2, -0.15) is 0 Å². The number of halogens is 1. The molecule has 1 amide bonds. The van der Waals surface area contributed by atoms with Crippen molar-refractivity contribution in [3.05, 3.63) is 29.6 Å². The number of hydrogen-bond donors (Lipinski definition) is 3. The van der Waals surface area contributed by atoms with E-state index in [1.807, 2.05) is 6.92 Å². The van der Waals surface area contributed by atoms with E-state index in [-0.39, 0.29) is 17.4 Å². The molecule has 0 aliphatic rings. The van der Waals surface area contributed by atoms with Crippen molar-refractivity contribution in [2.45, 2.75) is 25.8 Å². The smallest absolute Gasteiger partial charge is 0.254 e. The lowest BCUT2D eigenvalue weighted by Gasteiger charge is -2.07. The number of rotatable bonds is 5. The predicted octanol–water partition coefficient (Wildman–Crippen LogP) is 1.39. The van der Waals surface area contributed by atoms with E-state index in [1.165, 1.54) is 12.1 Å². The van der Waals surface area contributed by atoms with Gasteiger partial charge in [0.2, 0.25) is 0 Å². The van der Waals surface area contributed by atoms with E-state index >= 15 is 0 Å². The van der Waals surface area contributed by atoms with E-state index < -0.39 is 11.7 Å². The topological polar surface area (TPSA) is 75.3 Å². The van der Waals surface area contributed by atoms with E-state index in [4.69, 9.17) is 10.8 Å². The molecule has 4 N–H and O–H groups in total. The third-order valence-electron chi connectivity index (χ3n) is 2.32. The van der Waals surface area contributed by atoms with E-state index in [0.717, 1.165) is 18.9 Å². The molecule has 5 heteroatoms. The van der Waals surface area contributed by atoms with Crippen molar-refractivity contribution in [1.82, 2.24) is 5.32 Å². The molecule has 1 atom stereocenters. The van der Waals surface area contributed by atoms with Crippen LogP contribution in [0.2, 0.25) is 0 Å². The van der Waals surface area contributed by atoms with Crippen molar-refractivity contribution in [3.63, 3.8) is 0 Å². The van der Waals surface area contributed by atoms with Gasteiger partial charge in [0.15, 0.2) is 0 Å². The summed E-state index contributed by atoms with van der Waals surface area (Å²) >= 11 is 0. The second kappa shape index (κ2) is 6.20. The summed E-state index contributed by atoms with van der Waals surface area (Å²) in [6, 6.07) is 3.54. The molecule has 0 aliphatic carbocycles. The zero-order valence-electron chi connectivity index (χ0n) is 9.74. The highest BCUT2D eigenvalue weighted by Gasteiger charge is 2.11. The summed E-state index contributed by atoms with van der Waals surface area (Å²) in [5.74, 6) is -1.40. The van der Waals surface area contributed by atoms with Crippen LogP contribution >= 0.6 is 0 Å². The molecule has 1 aromatic rings. The summed E-state index contributed by atoms with van der Waals surface area (Å²) in [5.41, 5.74) is 5.49. The average Bonchev–Trinajstić information content (AvgIpc) is 2.23. The average molecular weight is 240 g/mol. The first-order valence-corrected chi connectivity index (χ1v) is 5.53. The van der Waals surface area contributed by atoms with Crippen LogP contribution in [0, 0.1) is 5.82 Å². The van der Waals surface area contributed by atoms with E-state index in [0.29, 0.717) is 6.54 Å². The lowest BCUT2D eigenvalue weighted by molar-refractivity contribution is 0.0948. The summed E-state index contributed by atoms with van der Waals surface area (Å²) in [7, 11) is 0. The number of nitrogens with two attached hydrogens (primary N) is 1. The quantitative estimate of drug-likeness (QED) is 0.681. The molecule has 1 rings (SSSR count). The molecule has 0 aromatic heterocycles. The number of phenolic OH excluding ortho intramolecular Hbond substituents is 1. The highest BCUT2D eigenvalue weighted by atomic mass is 19.1. The van der Waals surface area contributed by atoms with Gasteiger partial charge in [0.1, 0.15) is 11.6 Å². The van der Waals surface area contributed by atoms with Gasteiger partial charge in [-0.3, -0.25) is 4.79 Å². The van der Waals surface area contributed by atoms with E-state index in [9.17, 15) is 9.18 Å². The van der Waals surface area contributed by atoms with Gasteiger partial charge in [-0.25, -0.2) is 4.39 Å². The van der Waals surface area contributed by atoms with Gasteiger partial charge in [-0.15, -0.1) is 0 Å². The minimum absolute atomic E-state index is 0.0661. The van der Waals surface area contributed by atoms with Crippen molar-refractivity contribution in [2.75, 3.05) is 6.54 Å². The molecule has 4 nitrogen and oxygen atoms in total. The zero-order valence-corrected chi connectivity index (χ0v) is 9.74. The summed E-state index contributed by atoms with van der Waals surface area (Å²) in [5, 5.41) is 11.6. The standard InChI is InChI=1S/C12H17FN2O2/c1-8(14)3-2-6-15-12(17)10-5-4-9(16)7-11(10)13/h4-5,7-8,16H,2-3,6,14H2,1H3,(H,15,17). The molecule has 0 saturated heterocycles. The minimum Gasteiger partial charge on any atom is -0.508 e. The Labute approximate surface area is 99.6 Å². The first-order chi connectivity index (χ1) is 8.00. The first kappa shape index (κ1) is 13.4. The Morgan fingerprint density at radius 1 is 1.59 bits per heavy atom. The highest BCUT2D eigenvalue weighted by Crippen LogP contribution is 2.14. The lowest BCUT2D eigenvalue weighted by Crippen LogP contribution is -2.26. The Morgan fingerprint density at radius 2 is 2.29 bits per heavy atom. The number of hydrogen-bond acceptors (Lipinski definition) is 3. The van der Waals surface area contributed by atoms with Gasteiger partial charge in [-0.1, -0.05) is 0 Å². The molecule has 1 unspecified atom stereocenters. The molecule has 1 aromatic carbocycles. The fraction of sp³-hybridized carbons (Fsp3) is 0.417. The van der Waals surface area contributed by atoms with Gasteiger partial charge >= 0.3 is 0 Å². The number of carbonyl (C=O) groups is 1. The Balaban J connectivity index is 2.47. The predicted molar refractivity (Wildman–Crippen MR) is 63.3 cm³/mol. The fourth-order valence-corrected chi connectivity index (χ4v) is 1.41. The molecule has 0 saturated carbocycles. The molecule has 0 spiro atoms. The van der Waals surface area contributed by atoms with Crippen LogP contribution in [0.3, 0.4) is 0 Å². The van der Waals surface area contributed by atoms with Crippen LogP contribution in [0.15, 0.2) is 18.2 Å². The molecule has 0 fully saturated rings. The Hall–Kier alpha value is -1.62. The summed E-state index contributed by atoms with van der Waals surface area (Å²) in [6.07, 6.45) is 1.56. The van der Waals surface area contributed by atoms with Gasteiger partial charge in [0.25, 0.3) is 5.91 Å². The van der Waals surface area contributed by atoms with Crippen LogP contribution in [-0.2, 0) is 0 Å².